The second-order valence-corrected chi connectivity index (χ2v) is 38.3. The molecule has 42 nitrogen and oxygen atoms in total. The number of benzene rings is 6. The van der Waals surface area contributed by atoms with Crippen molar-refractivity contribution in [3.8, 4) is 51.2 Å². The van der Waals surface area contributed by atoms with Crippen molar-refractivity contribution in [2.45, 2.75) is 90.4 Å². The number of methoxy groups -OCH3 is 1. The minimum atomic E-state index is -5.80. The molecule has 0 unspecified atom stereocenters. The summed E-state index contributed by atoms with van der Waals surface area (Å²) in [6, 6.07) is 34.6. The van der Waals surface area contributed by atoms with E-state index in [9.17, 15) is 64.6 Å². The van der Waals surface area contributed by atoms with Gasteiger partial charge in [-0.15, -0.1) is 47.3 Å². The molecular formula is C79H92BBr3CsF3N12O30P2S. The number of carbonyl (C=O) groups is 7. The maximum atomic E-state index is 12.9. The van der Waals surface area contributed by atoms with Gasteiger partial charge in [0.1, 0.15) is 35.6 Å². The molecule has 6 aromatic carbocycles. The molecule has 12 rings (SSSR count). The summed E-state index contributed by atoms with van der Waals surface area (Å²) in [5.74, 6) is 2.17. The summed E-state index contributed by atoms with van der Waals surface area (Å²) in [6.07, 6.45) is 6.72. The van der Waals surface area contributed by atoms with Crippen molar-refractivity contribution < 1.29 is 222 Å². The Morgan fingerprint density at radius 2 is 0.833 bits per heavy atom. The van der Waals surface area contributed by atoms with E-state index in [1.54, 1.807) is 123 Å². The summed E-state index contributed by atoms with van der Waals surface area (Å²) in [7, 11) is -11.8. The number of oxazole rings is 3. The first-order chi connectivity index (χ1) is 62.8. The van der Waals surface area contributed by atoms with Gasteiger partial charge in [0.15, 0.2) is 49.2 Å². The Morgan fingerprint density at radius 1 is 0.515 bits per heavy atom. The number of phenols is 1. The van der Waals surface area contributed by atoms with E-state index >= 15 is 0 Å². The maximum absolute atomic E-state index is 12.9. The number of anilines is 6. The molecule has 0 bridgehead atoms. The number of alkyl carbamates (subject to hydrolysis) is 3. The summed E-state index contributed by atoms with van der Waals surface area (Å²) in [5, 5.41) is 43.1. The molecule has 3 fully saturated rings. The van der Waals surface area contributed by atoms with E-state index in [-0.39, 0.29) is 161 Å². The number of nitrogens with one attached hydrogen (secondary N) is 9. The second-order valence-electron chi connectivity index (χ2n) is 26.3. The van der Waals surface area contributed by atoms with E-state index in [4.69, 9.17) is 70.2 Å². The molecule has 3 saturated heterocycles. The number of hydrogen-bond donors (Lipinski definition) is 10. The van der Waals surface area contributed by atoms with Crippen LogP contribution in [0, 0.1) is 0 Å². The van der Waals surface area contributed by atoms with E-state index in [1.165, 1.54) is 58.6 Å². The van der Waals surface area contributed by atoms with Gasteiger partial charge in [-0.2, -0.15) is 21.6 Å². The van der Waals surface area contributed by atoms with Gasteiger partial charge in [0.25, 0.3) is 6.47 Å². The molecule has 0 spiro atoms. The van der Waals surface area contributed by atoms with Crippen molar-refractivity contribution in [3.05, 3.63) is 182 Å². The number of hydrogen-bond acceptors (Lipinski definition) is 33. The third kappa shape index (κ3) is 41.0. The van der Waals surface area contributed by atoms with E-state index in [2.05, 4.69) is 128 Å². The number of halogens is 6. The molecule has 3 aliphatic rings. The van der Waals surface area contributed by atoms with Gasteiger partial charge in [-0.05, 0) is 117 Å². The minimum Gasteiger partial charge on any atom is -0.662 e. The van der Waals surface area contributed by atoms with Gasteiger partial charge in [-0.25, -0.2) is 43.7 Å². The summed E-state index contributed by atoms with van der Waals surface area (Å²) in [6.45, 7) is 9.99. The SMILES string of the molecule is BrB(Br)Br.CCOP(=O)(COS(=O)(=O)C(F)(F)F)OCC.CCOP(=O)(COc1cc(NC(=O)Nc2cccc(CNC(=O)O[C@H]3CCOC3)c2)ccc1-c1cnco1)OCC.COc1cc(NC(=O)Nc2cccc(CNC(=O)O[C@H]3CCOC3)c2)ccc1-c1cnco1.O=C(Nc1cccc(CNC(=O)O[C@H]2CCOC2)c1)Nc1ccc(-c2cnco2)c(O)c1.O=CO[O-].[Cs+]. The Labute approximate surface area is 838 Å². The van der Waals surface area contributed by atoms with Crippen molar-refractivity contribution in [1.29, 1.82) is 0 Å². The molecule has 0 aliphatic carbocycles. The van der Waals surface area contributed by atoms with Crippen LogP contribution in [0.25, 0.3) is 34.0 Å². The average molecular weight is 2220 g/mol. The summed E-state index contributed by atoms with van der Waals surface area (Å²) in [4.78, 5) is 96.3. The second kappa shape index (κ2) is 58.9. The molecule has 3 aliphatic heterocycles. The Hall–Kier alpha value is -9.16. The van der Waals surface area contributed by atoms with E-state index in [0.717, 1.165) is 22.3 Å². The number of aromatic nitrogens is 3. The predicted octanol–water partition coefficient (Wildman–Crippen LogP) is 13.0. The monoisotopic (exact) mass is 2220 g/mol. The van der Waals surface area contributed by atoms with Crippen molar-refractivity contribution in [2.24, 2.45) is 0 Å². The zero-order chi connectivity index (χ0) is 95.2. The number of carbonyl (C=O) groups excluding carboxylic acids is 7. The number of ether oxygens (including phenoxy) is 8. The molecule has 6 heterocycles. The van der Waals surface area contributed by atoms with Crippen LogP contribution in [0.3, 0.4) is 0 Å². The first-order valence-corrected chi connectivity index (χ1v) is 46.8. The van der Waals surface area contributed by atoms with Gasteiger partial charge >= 0.3 is 139 Å². The number of amides is 9. The molecule has 9 aromatic rings. The van der Waals surface area contributed by atoms with Crippen LogP contribution in [-0.2, 0) is 99.3 Å². The van der Waals surface area contributed by atoms with E-state index in [0.29, 0.717) is 127 Å². The summed E-state index contributed by atoms with van der Waals surface area (Å²) < 4.78 is 163. The Kier molecular flexibility index (Phi) is 49.8. The zero-order valence-electron chi connectivity index (χ0n) is 71.4. The van der Waals surface area contributed by atoms with Crippen molar-refractivity contribution >= 4 is 153 Å². The van der Waals surface area contributed by atoms with Gasteiger partial charge < -0.3 is 132 Å². The van der Waals surface area contributed by atoms with Gasteiger partial charge in [0, 0.05) is 91.2 Å². The molecule has 132 heavy (non-hydrogen) atoms. The Balaban J connectivity index is 0.000000271. The topological polar surface area (TPSA) is 547 Å². The van der Waals surface area contributed by atoms with Crippen LogP contribution in [-0.4, -0.2) is 184 Å². The largest absolute Gasteiger partial charge is 1.00 e. The third-order valence-corrected chi connectivity index (χ3v) is 21.4. The fourth-order valence-electron chi connectivity index (χ4n) is 11.2. The average Bonchev–Trinajstić information content (AvgIpc) is 1.63. The number of rotatable bonds is 34. The molecule has 3 atom stereocenters. The molecule has 710 valence electrons. The van der Waals surface area contributed by atoms with Crippen molar-refractivity contribution in [1.82, 2.24) is 30.9 Å². The van der Waals surface area contributed by atoms with Crippen LogP contribution >= 0.6 is 62.5 Å². The zero-order valence-corrected chi connectivity index (χ0v) is 85.0. The van der Waals surface area contributed by atoms with Gasteiger partial charge in [-0.1, -0.05) is 36.4 Å². The van der Waals surface area contributed by atoms with Gasteiger partial charge in [0.2, 0.25) is 0 Å². The normalized spacial score (nSPS) is 14.2. The number of phenolic OH excluding ortho intramolecular Hbond substituents is 1. The van der Waals surface area contributed by atoms with Crippen LogP contribution in [0.2, 0.25) is 0 Å². The molecule has 3 aromatic heterocycles. The van der Waals surface area contributed by atoms with Gasteiger partial charge in [-0.3, -0.25) is 18.1 Å². The molecule has 10 N–H and O–H groups in total. The molecule has 53 heteroatoms. The maximum Gasteiger partial charge on any atom is 1.00 e. The Morgan fingerprint density at radius 3 is 1.14 bits per heavy atom. The van der Waals surface area contributed by atoms with Crippen LogP contribution in [0.4, 0.5) is 76.1 Å². The van der Waals surface area contributed by atoms with Crippen LogP contribution in [0.5, 0.6) is 17.2 Å². The van der Waals surface area contributed by atoms with Crippen LogP contribution < -0.4 is 131 Å². The fraction of sp³-hybridized carbons (Fsp3) is 0.342. The summed E-state index contributed by atoms with van der Waals surface area (Å²) in [5.41, 5.74) is 1.50. The standard InChI is InChI=1S/C27H33N4O9P.C23H24N4O6.C22H22N4O6.C6H12F3O6PS.CH2O3.BBr3.Cs/c1-3-38-41(34,39-4-2)18-37-24-13-21(8-9-23(24)25-15-28-17-36-25)31-26(32)30-20-7-5-6-19(12-20)14-29-27(33)40-22-10-11-35-16-22;1-30-20-10-17(5-6-19(20)21-12-24-14-32-21)27-22(28)26-16-4-2-3-15(9-16)11-25-23(29)33-18-7-8-31-13-18;27-19-9-16(4-5-18(19)20-11-23-13-31-20)26-21(28)25-15-3-1-2-14(8-15)10-24-22(29)32-17-6-7-30-12-17;1-3-13-16(10,14-4-2)5-15-17(11,12)6(7,8)9;2-1-4-3;2-1(3)4;/h5-9,12-13,15,17,22H,3-4,10-11,14,16,18H2,1-2H3,(H,29,33)(H2,30,31,32);2-6,9-10,12,14,18H,7-8,11,13H2,1H3,(H,25,29)(H2,26,27,28);1-5,8-9,11,13,17,27H,6-7,10,12H2,(H,24,29)(H2,25,26,28);3-5H2,1-2H3;1,3H;;/q;;;;;;+1/p-1/t22-;18-;17-;;;;/m000..../s1. The Bertz CT molecular complexity index is 5280. The van der Waals surface area contributed by atoms with Gasteiger partial charge in [0.05, 0.1) is 108 Å². The fourth-order valence-corrected chi connectivity index (χ4v) is 14.7. The third-order valence-electron chi connectivity index (χ3n) is 16.8. The number of alkyl halides is 3. The number of urea groups is 3. The van der Waals surface area contributed by atoms with E-state index < -0.39 is 73.5 Å². The predicted molar refractivity (Wildman–Crippen MR) is 477 cm³/mol. The molecule has 0 saturated carbocycles. The van der Waals surface area contributed by atoms with Crippen LogP contribution in [0.1, 0.15) is 63.6 Å². The first-order valence-electron chi connectivity index (χ1n) is 39.2. The minimum absolute atomic E-state index is 0. The number of aromatic hydroxyl groups is 1. The van der Waals surface area contributed by atoms with Crippen molar-refractivity contribution in [2.75, 3.05) is 118 Å². The molecular weight excluding hydrogens is 2130 g/mol. The van der Waals surface area contributed by atoms with E-state index in [1.807, 2.05) is 18.2 Å². The quantitative estimate of drug-likeness (QED) is 0.00262. The number of nitrogens with zero attached hydrogens (tertiary/aromatic N) is 3. The molecule has 9 amide bonds. The summed E-state index contributed by atoms with van der Waals surface area (Å²) >= 11 is 9.31. The first kappa shape index (κ1) is 112. The molecule has 0 radical (unpaired) electrons. The smallest absolute Gasteiger partial charge is 0.662 e. The van der Waals surface area contributed by atoms with Crippen LogP contribution in [0.15, 0.2) is 178 Å². The van der Waals surface area contributed by atoms with Crippen molar-refractivity contribution in [3.63, 3.8) is 0 Å².